The van der Waals surface area contributed by atoms with Gasteiger partial charge < -0.3 is 10.4 Å². The third-order valence-corrected chi connectivity index (χ3v) is 3.77. The first kappa shape index (κ1) is 12.8. The van der Waals surface area contributed by atoms with E-state index in [1.165, 1.54) is 12.8 Å². The molecule has 0 aliphatic heterocycles. The van der Waals surface area contributed by atoms with E-state index < -0.39 is 0 Å². The summed E-state index contributed by atoms with van der Waals surface area (Å²) in [5, 5.41) is 21.6. The first-order chi connectivity index (χ1) is 8.85. The van der Waals surface area contributed by atoms with Gasteiger partial charge in [0.05, 0.1) is 5.69 Å². The van der Waals surface area contributed by atoms with E-state index in [-0.39, 0.29) is 6.61 Å². The maximum atomic E-state index is 9.37. The van der Waals surface area contributed by atoms with Gasteiger partial charge in [0.15, 0.2) is 5.69 Å². The molecule has 1 fully saturated rings. The van der Waals surface area contributed by atoms with Gasteiger partial charge in [0.2, 0.25) is 0 Å². The van der Waals surface area contributed by atoms with Crippen LogP contribution in [0.1, 0.15) is 31.4 Å². The summed E-state index contributed by atoms with van der Waals surface area (Å²) in [6.07, 6.45) is 6.35. The Hall–Kier alpha value is -1.60. The van der Waals surface area contributed by atoms with Gasteiger partial charge in [-0.05, 0) is 36.8 Å². The van der Waals surface area contributed by atoms with Gasteiger partial charge in [-0.15, -0.1) is 0 Å². The fraction of sp³-hybridized carbons (Fsp3) is 0.571. The summed E-state index contributed by atoms with van der Waals surface area (Å²) in [5.41, 5.74) is 1.23. The summed E-state index contributed by atoms with van der Waals surface area (Å²) in [4.78, 5) is 4.03. The van der Waals surface area contributed by atoms with Crippen LogP contribution in [0.4, 0.5) is 5.69 Å². The zero-order valence-electron chi connectivity index (χ0n) is 10.5. The van der Waals surface area contributed by atoms with Crippen molar-refractivity contribution >= 4 is 5.69 Å². The Balaban J connectivity index is 1.96. The monoisotopic (exact) mass is 245 g/mol. The molecule has 4 heteroatoms. The van der Waals surface area contributed by atoms with Crippen LogP contribution in [-0.4, -0.2) is 23.2 Å². The summed E-state index contributed by atoms with van der Waals surface area (Å²) in [5.74, 6) is 0.893. The molecule has 0 aromatic carbocycles. The minimum absolute atomic E-state index is 0.268. The quantitative estimate of drug-likeness (QED) is 0.853. The Kier molecular flexibility index (Phi) is 4.54. The molecule has 0 saturated heterocycles. The molecule has 2 atom stereocenters. The van der Waals surface area contributed by atoms with Gasteiger partial charge in [0.25, 0.3) is 0 Å². The molecule has 0 radical (unpaired) electrons. The Labute approximate surface area is 108 Å². The van der Waals surface area contributed by atoms with E-state index in [0.29, 0.717) is 17.5 Å². The highest BCUT2D eigenvalue weighted by atomic mass is 16.3. The molecule has 0 bridgehead atoms. The Morgan fingerprint density at radius 3 is 2.89 bits per heavy atom. The topological polar surface area (TPSA) is 68.9 Å². The van der Waals surface area contributed by atoms with E-state index in [4.69, 9.17) is 5.26 Å². The lowest BCUT2D eigenvalue weighted by Crippen LogP contribution is -2.28. The lowest BCUT2D eigenvalue weighted by Gasteiger charge is -2.30. The molecule has 1 aromatic rings. The van der Waals surface area contributed by atoms with Crippen LogP contribution in [-0.2, 0) is 0 Å². The van der Waals surface area contributed by atoms with Gasteiger partial charge in [0, 0.05) is 19.3 Å². The zero-order valence-corrected chi connectivity index (χ0v) is 10.5. The molecule has 2 N–H and O–H groups in total. The Bertz CT molecular complexity index is 427. The van der Waals surface area contributed by atoms with Crippen LogP contribution in [0.25, 0.3) is 0 Å². The van der Waals surface area contributed by atoms with Crippen LogP contribution in [0.15, 0.2) is 18.3 Å². The second-order valence-corrected chi connectivity index (χ2v) is 4.88. The average Bonchev–Trinajstić information content (AvgIpc) is 2.45. The summed E-state index contributed by atoms with van der Waals surface area (Å²) >= 11 is 0. The number of rotatable bonds is 4. The van der Waals surface area contributed by atoms with Crippen LogP contribution >= 0.6 is 0 Å². The number of nitriles is 1. The second kappa shape index (κ2) is 6.36. The lowest BCUT2D eigenvalue weighted by atomic mass is 9.79. The predicted octanol–water partition coefficient (Wildman–Crippen LogP) is 2.16. The van der Waals surface area contributed by atoms with Crippen molar-refractivity contribution in [3.05, 3.63) is 24.0 Å². The molecule has 4 nitrogen and oxygen atoms in total. The van der Waals surface area contributed by atoms with Crippen molar-refractivity contribution in [1.29, 1.82) is 5.26 Å². The normalized spacial score (nSPS) is 23.3. The minimum atomic E-state index is 0.268. The van der Waals surface area contributed by atoms with E-state index in [2.05, 4.69) is 16.4 Å². The molecule has 2 rings (SSSR count). The molecule has 0 spiro atoms. The third kappa shape index (κ3) is 2.99. The van der Waals surface area contributed by atoms with E-state index in [0.717, 1.165) is 25.1 Å². The standard InChI is InChI=1S/C14H19N3O/c15-8-14-13(6-3-7-16-14)17-9-11-4-1-2-5-12(11)10-18/h3,6-7,11-12,17-18H,1-2,4-5,9-10H2. The van der Waals surface area contributed by atoms with Crippen LogP contribution < -0.4 is 5.32 Å². The minimum Gasteiger partial charge on any atom is -0.396 e. The number of pyridine rings is 1. The number of aliphatic hydroxyl groups excluding tert-OH is 1. The molecular weight excluding hydrogens is 226 g/mol. The fourth-order valence-corrected chi connectivity index (χ4v) is 2.67. The molecule has 1 heterocycles. The highest BCUT2D eigenvalue weighted by molar-refractivity contribution is 5.53. The summed E-state index contributed by atoms with van der Waals surface area (Å²) in [6.45, 7) is 1.08. The Morgan fingerprint density at radius 1 is 1.39 bits per heavy atom. The van der Waals surface area contributed by atoms with E-state index >= 15 is 0 Å². The lowest BCUT2D eigenvalue weighted by molar-refractivity contribution is 0.141. The van der Waals surface area contributed by atoms with Crippen LogP contribution in [0, 0.1) is 23.2 Å². The largest absolute Gasteiger partial charge is 0.396 e. The first-order valence-electron chi connectivity index (χ1n) is 6.55. The van der Waals surface area contributed by atoms with Crippen molar-refractivity contribution in [2.75, 3.05) is 18.5 Å². The van der Waals surface area contributed by atoms with Crippen molar-refractivity contribution < 1.29 is 5.11 Å². The molecule has 1 aliphatic rings. The van der Waals surface area contributed by atoms with Crippen molar-refractivity contribution in [1.82, 2.24) is 4.98 Å². The average molecular weight is 245 g/mol. The Morgan fingerprint density at radius 2 is 2.17 bits per heavy atom. The number of aromatic nitrogens is 1. The van der Waals surface area contributed by atoms with Gasteiger partial charge in [0.1, 0.15) is 6.07 Å². The number of nitrogens with zero attached hydrogens (tertiary/aromatic N) is 2. The molecule has 0 amide bonds. The number of hydrogen-bond donors (Lipinski definition) is 2. The van der Waals surface area contributed by atoms with Crippen molar-refractivity contribution in [3.63, 3.8) is 0 Å². The van der Waals surface area contributed by atoms with Crippen molar-refractivity contribution in [2.24, 2.45) is 11.8 Å². The van der Waals surface area contributed by atoms with Gasteiger partial charge in [-0.2, -0.15) is 5.26 Å². The molecular formula is C14H19N3O. The van der Waals surface area contributed by atoms with Crippen LogP contribution in [0.2, 0.25) is 0 Å². The molecule has 18 heavy (non-hydrogen) atoms. The molecule has 1 aromatic heterocycles. The number of aliphatic hydroxyl groups is 1. The maximum absolute atomic E-state index is 9.37. The van der Waals surface area contributed by atoms with E-state index in [1.807, 2.05) is 12.1 Å². The number of nitrogens with one attached hydrogen (secondary N) is 1. The first-order valence-corrected chi connectivity index (χ1v) is 6.55. The maximum Gasteiger partial charge on any atom is 0.163 e. The summed E-state index contributed by atoms with van der Waals surface area (Å²) in [7, 11) is 0. The van der Waals surface area contributed by atoms with Crippen molar-refractivity contribution in [2.45, 2.75) is 25.7 Å². The smallest absolute Gasteiger partial charge is 0.163 e. The van der Waals surface area contributed by atoms with Gasteiger partial charge in [-0.1, -0.05) is 12.8 Å². The number of hydrogen-bond acceptors (Lipinski definition) is 4. The highest BCUT2D eigenvalue weighted by Gasteiger charge is 2.24. The molecule has 2 unspecified atom stereocenters. The van der Waals surface area contributed by atoms with Gasteiger partial charge >= 0.3 is 0 Å². The van der Waals surface area contributed by atoms with Gasteiger partial charge in [-0.25, -0.2) is 4.98 Å². The SMILES string of the molecule is N#Cc1ncccc1NCC1CCCCC1CO. The summed E-state index contributed by atoms with van der Waals surface area (Å²) < 4.78 is 0. The second-order valence-electron chi connectivity index (χ2n) is 4.88. The molecule has 1 aliphatic carbocycles. The van der Waals surface area contributed by atoms with E-state index in [1.54, 1.807) is 6.20 Å². The van der Waals surface area contributed by atoms with Gasteiger partial charge in [-0.3, -0.25) is 0 Å². The van der Waals surface area contributed by atoms with Crippen LogP contribution in [0.3, 0.4) is 0 Å². The number of anilines is 1. The van der Waals surface area contributed by atoms with E-state index in [9.17, 15) is 5.11 Å². The van der Waals surface area contributed by atoms with Crippen molar-refractivity contribution in [3.8, 4) is 6.07 Å². The third-order valence-electron chi connectivity index (χ3n) is 3.77. The fourth-order valence-electron chi connectivity index (χ4n) is 2.67. The predicted molar refractivity (Wildman–Crippen MR) is 70.0 cm³/mol. The summed E-state index contributed by atoms with van der Waals surface area (Å²) in [6, 6.07) is 5.79. The highest BCUT2D eigenvalue weighted by Crippen LogP contribution is 2.30. The molecule has 96 valence electrons. The zero-order chi connectivity index (χ0) is 12.8. The molecule has 1 saturated carbocycles. The van der Waals surface area contributed by atoms with Crippen LogP contribution in [0.5, 0.6) is 0 Å².